The number of aliphatic hydroxyl groups is 1. The number of hydrogen-bond acceptors (Lipinski definition) is 4. The van der Waals surface area contributed by atoms with E-state index in [1.165, 1.54) is 5.69 Å². The van der Waals surface area contributed by atoms with Crippen LogP contribution in [0.2, 0.25) is 5.02 Å². The smallest absolute Gasteiger partial charge is 0.0789 e. The highest BCUT2D eigenvalue weighted by Crippen LogP contribution is 2.20. The van der Waals surface area contributed by atoms with Crippen molar-refractivity contribution >= 4 is 17.3 Å². The van der Waals surface area contributed by atoms with Crippen molar-refractivity contribution < 1.29 is 5.11 Å². The Morgan fingerprint density at radius 1 is 1.28 bits per heavy atom. The second-order valence-corrected chi connectivity index (χ2v) is 5.09. The zero-order valence-electron chi connectivity index (χ0n) is 10.4. The Hall–Kier alpha value is -0.810. The van der Waals surface area contributed by atoms with Gasteiger partial charge in [-0.1, -0.05) is 17.7 Å². The van der Waals surface area contributed by atoms with Crippen LogP contribution in [0.5, 0.6) is 0 Å². The van der Waals surface area contributed by atoms with Gasteiger partial charge >= 0.3 is 0 Å². The van der Waals surface area contributed by atoms with Crippen molar-refractivity contribution in [1.29, 1.82) is 0 Å². The van der Waals surface area contributed by atoms with Crippen LogP contribution in [0.4, 0.5) is 5.69 Å². The first-order valence-corrected chi connectivity index (χ1v) is 6.68. The fourth-order valence-corrected chi connectivity index (χ4v) is 2.42. The molecule has 1 aromatic rings. The maximum atomic E-state index is 9.53. The molecule has 4 nitrogen and oxygen atoms in total. The zero-order chi connectivity index (χ0) is 13.0. The van der Waals surface area contributed by atoms with Crippen molar-refractivity contribution in [1.82, 2.24) is 4.90 Å². The Balaban J connectivity index is 1.87. The van der Waals surface area contributed by atoms with E-state index >= 15 is 0 Å². The second kappa shape index (κ2) is 6.38. The van der Waals surface area contributed by atoms with E-state index in [1.807, 2.05) is 18.2 Å². The molecule has 1 fully saturated rings. The van der Waals surface area contributed by atoms with Crippen molar-refractivity contribution in [2.45, 2.75) is 6.10 Å². The fraction of sp³-hybridized carbons (Fsp3) is 0.538. The standard InChI is InChI=1S/C13H20ClN3O/c14-11-2-1-3-12(8-11)17-6-4-16(5-7-17)10-13(18)9-15/h1-3,8,13,18H,4-7,9-10,15H2/t13-/m1/s1. The fourth-order valence-electron chi connectivity index (χ4n) is 2.23. The van der Waals surface area contributed by atoms with Gasteiger partial charge in [0.05, 0.1) is 6.10 Å². The normalized spacial score (nSPS) is 18.9. The molecule has 100 valence electrons. The van der Waals surface area contributed by atoms with E-state index in [2.05, 4.69) is 15.9 Å². The van der Waals surface area contributed by atoms with E-state index in [4.69, 9.17) is 17.3 Å². The molecule has 1 aliphatic rings. The summed E-state index contributed by atoms with van der Waals surface area (Å²) in [6.45, 7) is 4.80. The summed E-state index contributed by atoms with van der Waals surface area (Å²) in [5.41, 5.74) is 6.59. The average Bonchev–Trinajstić information content (AvgIpc) is 2.39. The summed E-state index contributed by atoms with van der Waals surface area (Å²) in [6.07, 6.45) is -0.414. The topological polar surface area (TPSA) is 52.7 Å². The zero-order valence-corrected chi connectivity index (χ0v) is 11.2. The molecule has 0 aliphatic carbocycles. The van der Waals surface area contributed by atoms with E-state index in [1.54, 1.807) is 0 Å². The Morgan fingerprint density at radius 3 is 2.61 bits per heavy atom. The van der Waals surface area contributed by atoms with Crippen LogP contribution in [0.3, 0.4) is 0 Å². The van der Waals surface area contributed by atoms with Gasteiger partial charge in [-0.25, -0.2) is 0 Å². The molecule has 5 heteroatoms. The number of piperazine rings is 1. The van der Waals surface area contributed by atoms with Crippen LogP contribution in [-0.4, -0.2) is 55.4 Å². The Labute approximate surface area is 113 Å². The van der Waals surface area contributed by atoms with Crippen LogP contribution in [0, 0.1) is 0 Å². The first kappa shape index (κ1) is 13.6. The van der Waals surface area contributed by atoms with Crippen molar-refractivity contribution in [3.63, 3.8) is 0 Å². The van der Waals surface area contributed by atoms with Gasteiger partial charge in [-0.2, -0.15) is 0 Å². The summed E-state index contributed by atoms with van der Waals surface area (Å²) < 4.78 is 0. The van der Waals surface area contributed by atoms with Crippen LogP contribution in [0.25, 0.3) is 0 Å². The molecule has 0 bridgehead atoms. The maximum Gasteiger partial charge on any atom is 0.0789 e. The van der Waals surface area contributed by atoms with Gasteiger partial charge in [0.2, 0.25) is 0 Å². The SMILES string of the molecule is NC[C@@H](O)CN1CCN(c2cccc(Cl)c2)CC1. The van der Waals surface area contributed by atoms with Crippen molar-refractivity contribution in [2.24, 2.45) is 5.73 Å². The minimum absolute atomic E-state index is 0.328. The van der Waals surface area contributed by atoms with Crippen molar-refractivity contribution in [2.75, 3.05) is 44.2 Å². The van der Waals surface area contributed by atoms with Gasteiger partial charge in [0.1, 0.15) is 0 Å². The van der Waals surface area contributed by atoms with Crippen LogP contribution in [-0.2, 0) is 0 Å². The summed E-state index contributed by atoms with van der Waals surface area (Å²) in [5, 5.41) is 10.3. The quantitative estimate of drug-likeness (QED) is 0.848. The molecule has 0 saturated carbocycles. The first-order chi connectivity index (χ1) is 8.69. The molecular formula is C13H20ClN3O. The monoisotopic (exact) mass is 269 g/mol. The molecule has 1 saturated heterocycles. The number of rotatable bonds is 4. The van der Waals surface area contributed by atoms with Crippen molar-refractivity contribution in [3.05, 3.63) is 29.3 Å². The number of nitrogens with zero attached hydrogens (tertiary/aromatic N) is 2. The number of anilines is 1. The number of benzene rings is 1. The lowest BCUT2D eigenvalue weighted by atomic mass is 10.2. The predicted molar refractivity (Wildman–Crippen MR) is 75.2 cm³/mol. The highest BCUT2D eigenvalue weighted by atomic mass is 35.5. The first-order valence-electron chi connectivity index (χ1n) is 6.30. The van der Waals surface area contributed by atoms with Gasteiger partial charge in [0.25, 0.3) is 0 Å². The van der Waals surface area contributed by atoms with E-state index < -0.39 is 6.10 Å². The molecule has 1 heterocycles. The summed E-state index contributed by atoms with van der Waals surface area (Å²) in [5.74, 6) is 0. The largest absolute Gasteiger partial charge is 0.390 e. The van der Waals surface area contributed by atoms with Gasteiger partial charge in [-0.3, -0.25) is 4.90 Å². The Morgan fingerprint density at radius 2 is 2.00 bits per heavy atom. The molecular weight excluding hydrogens is 250 g/mol. The summed E-state index contributed by atoms with van der Waals surface area (Å²) >= 11 is 6.00. The van der Waals surface area contributed by atoms with Crippen molar-refractivity contribution in [3.8, 4) is 0 Å². The summed E-state index contributed by atoms with van der Waals surface area (Å²) in [7, 11) is 0. The molecule has 18 heavy (non-hydrogen) atoms. The number of aliphatic hydroxyl groups excluding tert-OH is 1. The third kappa shape index (κ3) is 3.59. The van der Waals surface area contributed by atoms with Gasteiger partial charge in [0, 0.05) is 50.0 Å². The predicted octanol–water partition coefficient (Wildman–Crippen LogP) is 0.782. The lowest BCUT2D eigenvalue weighted by molar-refractivity contribution is 0.115. The molecule has 1 atom stereocenters. The minimum atomic E-state index is -0.414. The summed E-state index contributed by atoms with van der Waals surface area (Å²) in [6, 6.07) is 7.93. The molecule has 2 rings (SSSR count). The molecule has 0 unspecified atom stereocenters. The Bertz CT molecular complexity index is 380. The molecule has 1 aromatic carbocycles. The number of nitrogens with two attached hydrogens (primary N) is 1. The Kier molecular flexibility index (Phi) is 4.83. The van der Waals surface area contributed by atoms with E-state index in [0.29, 0.717) is 13.1 Å². The third-order valence-corrected chi connectivity index (χ3v) is 3.52. The molecule has 3 N–H and O–H groups in total. The van der Waals surface area contributed by atoms with E-state index in [-0.39, 0.29) is 0 Å². The summed E-state index contributed by atoms with van der Waals surface area (Å²) in [4.78, 5) is 4.57. The minimum Gasteiger partial charge on any atom is -0.390 e. The lowest BCUT2D eigenvalue weighted by Crippen LogP contribution is -2.49. The highest BCUT2D eigenvalue weighted by molar-refractivity contribution is 6.30. The van der Waals surface area contributed by atoms with Crippen LogP contribution >= 0.6 is 11.6 Å². The highest BCUT2D eigenvalue weighted by Gasteiger charge is 2.18. The number of hydrogen-bond donors (Lipinski definition) is 2. The average molecular weight is 270 g/mol. The molecule has 0 radical (unpaired) electrons. The van der Waals surface area contributed by atoms with E-state index in [0.717, 1.165) is 31.2 Å². The van der Waals surface area contributed by atoms with Crippen LogP contribution in [0.1, 0.15) is 0 Å². The van der Waals surface area contributed by atoms with Crippen LogP contribution < -0.4 is 10.6 Å². The second-order valence-electron chi connectivity index (χ2n) is 4.66. The molecule has 0 amide bonds. The van der Waals surface area contributed by atoms with Gasteiger partial charge in [0.15, 0.2) is 0 Å². The number of halogens is 1. The molecule has 0 spiro atoms. The third-order valence-electron chi connectivity index (χ3n) is 3.29. The maximum absolute atomic E-state index is 9.53. The molecule has 0 aromatic heterocycles. The van der Waals surface area contributed by atoms with Crippen LogP contribution in [0.15, 0.2) is 24.3 Å². The molecule has 1 aliphatic heterocycles. The van der Waals surface area contributed by atoms with Gasteiger partial charge < -0.3 is 15.7 Å². The van der Waals surface area contributed by atoms with Gasteiger partial charge in [-0.05, 0) is 18.2 Å². The van der Waals surface area contributed by atoms with E-state index in [9.17, 15) is 5.11 Å². The number of β-amino-alcohol motifs (C(OH)–C–C–N with tert-alkyl or cyclic N) is 1. The lowest BCUT2D eigenvalue weighted by Gasteiger charge is -2.36. The van der Waals surface area contributed by atoms with Gasteiger partial charge in [-0.15, -0.1) is 0 Å².